The van der Waals surface area contributed by atoms with Crippen LogP contribution in [0.2, 0.25) is 0 Å². The second kappa shape index (κ2) is 11.9. The van der Waals surface area contributed by atoms with Crippen molar-refractivity contribution in [3.63, 3.8) is 0 Å². The molecule has 0 aromatic heterocycles. The smallest absolute Gasteiger partial charge is 0.0648 e. The van der Waals surface area contributed by atoms with E-state index in [1.165, 1.54) is 121 Å². The van der Waals surface area contributed by atoms with Crippen LogP contribution in [0.15, 0.2) is 224 Å². The maximum atomic E-state index is 2.57. The highest BCUT2D eigenvalue weighted by Crippen LogP contribution is 2.75. The zero-order valence-electron chi connectivity index (χ0n) is 34.3. The van der Waals surface area contributed by atoms with Crippen molar-refractivity contribution in [3.05, 3.63) is 258 Å². The Morgan fingerprint density at radius 2 is 0.730 bits per heavy atom. The molecular weight excluding hydrogens is 759 g/mol. The summed E-state index contributed by atoms with van der Waals surface area (Å²) in [6.07, 6.45) is 0. The van der Waals surface area contributed by atoms with Crippen molar-refractivity contribution in [2.24, 2.45) is 0 Å². The highest BCUT2D eigenvalue weighted by atomic mass is 15.1. The number of hydrogen-bond donors (Lipinski definition) is 0. The van der Waals surface area contributed by atoms with E-state index in [4.69, 9.17) is 0 Å². The monoisotopic (exact) mass is 795 g/mol. The SMILES string of the molecule is c1ccc2c(c1)-c1ccccc1C13c4cccc5cccc(c45)C21c1cccc2c(N(c4ccc5ccc6ccccc6c5c4)c4cc5ccccc5c5ccccc45)ccc3c12. The topological polar surface area (TPSA) is 3.24 Å². The van der Waals surface area contributed by atoms with Crippen LogP contribution in [0.3, 0.4) is 0 Å². The van der Waals surface area contributed by atoms with Gasteiger partial charge in [0.2, 0.25) is 0 Å². The van der Waals surface area contributed by atoms with Crippen molar-refractivity contribution in [2.45, 2.75) is 10.8 Å². The van der Waals surface area contributed by atoms with E-state index < -0.39 is 10.8 Å². The van der Waals surface area contributed by atoms with Crippen molar-refractivity contribution in [2.75, 3.05) is 4.90 Å². The van der Waals surface area contributed by atoms with Crippen molar-refractivity contribution >= 4 is 81.7 Å². The number of anilines is 3. The lowest BCUT2D eigenvalue weighted by Gasteiger charge is -2.50. The zero-order valence-corrected chi connectivity index (χ0v) is 34.3. The maximum Gasteiger partial charge on any atom is 0.0648 e. The molecule has 15 rings (SSSR count). The van der Waals surface area contributed by atoms with E-state index >= 15 is 0 Å². The first-order valence-electron chi connectivity index (χ1n) is 22.2. The summed E-state index contributed by atoms with van der Waals surface area (Å²) in [6.45, 7) is 0. The van der Waals surface area contributed by atoms with Gasteiger partial charge in [-0.1, -0.05) is 200 Å². The Bertz CT molecular complexity index is 3910. The van der Waals surface area contributed by atoms with Crippen LogP contribution >= 0.6 is 0 Å². The molecule has 0 fully saturated rings. The summed E-state index contributed by atoms with van der Waals surface area (Å²) >= 11 is 0. The van der Waals surface area contributed by atoms with Gasteiger partial charge < -0.3 is 4.90 Å². The van der Waals surface area contributed by atoms with E-state index in [2.05, 4.69) is 229 Å². The molecule has 12 aromatic carbocycles. The van der Waals surface area contributed by atoms with Crippen LogP contribution in [0.5, 0.6) is 0 Å². The normalized spacial score (nSPS) is 17.7. The predicted octanol–water partition coefficient (Wildman–Crippen LogP) is 16.1. The third-order valence-electron chi connectivity index (χ3n) is 15.3. The van der Waals surface area contributed by atoms with Crippen LogP contribution < -0.4 is 4.90 Å². The van der Waals surface area contributed by atoms with Crippen LogP contribution in [0.25, 0.3) is 75.8 Å². The van der Waals surface area contributed by atoms with Crippen LogP contribution in [-0.2, 0) is 10.8 Å². The molecular formula is C62H37N. The second-order valence-corrected chi connectivity index (χ2v) is 17.9. The van der Waals surface area contributed by atoms with Crippen molar-refractivity contribution in [1.82, 2.24) is 0 Å². The first kappa shape index (κ1) is 33.7. The van der Waals surface area contributed by atoms with Crippen molar-refractivity contribution in [3.8, 4) is 11.1 Å². The highest BCUT2D eigenvalue weighted by molar-refractivity contribution is 6.18. The number of nitrogens with zero attached hydrogens (tertiary/aromatic N) is 1. The Kier molecular flexibility index (Phi) is 6.35. The minimum absolute atomic E-state index is 0.482. The van der Waals surface area contributed by atoms with Crippen molar-refractivity contribution < 1.29 is 0 Å². The Labute approximate surface area is 364 Å². The molecule has 0 saturated heterocycles. The average Bonchev–Trinajstić information content (AvgIpc) is 3.79. The number of hydrogen-bond acceptors (Lipinski definition) is 1. The van der Waals surface area contributed by atoms with E-state index in [9.17, 15) is 0 Å². The molecule has 0 bridgehead atoms. The molecule has 0 saturated carbocycles. The number of rotatable bonds is 3. The molecule has 1 heteroatoms. The minimum Gasteiger partial charge on any atom is -0.309 e. The molecule has 0 radical (unpaired) electrons. The van der Waals surface area contributed by atoms with Gasteiger partial charge in [0.1, 0.15) is 0 Å². The van der Waals surface area contributed by atoms with Gasteiger partial charge in [-0.05, 0) is 123 Å². The quantitative estimate of drug-likeness (QED) is 0.161. The van der Waals surface area contributed by atoms with Crippen LogP contribution in [-0.4, -0.2) is 0 Å². The second-order valence-electron chi connectivity index (χ2n) is 17.9. The van der Waals surface area contributed by atoms with E-state index in [1.54, 1.807) is 0 Å². The van der Waals surface area contributed by atoms with E-state index in [-0.39, 0.29) is 0 Å². The van der Waals surface area contributed by atoms with Gasteiger partial charge in [0.05, 0.1) is 22.2 Å². The molecule has 0 aliphatic heterocycles. The molecule has 3 aliphatic carbocycles. The van der Waals surface area contributed by atoms with Gasteiger partial charge in [0.15, 0.2) is 0 Å². The van der Waals surface area contributed by atoms with Crippen LogP contribution in [0.1, 0.15) is 33.4 Å². The van der Waals surface area contributed by atoms with Gasteiger partial charge in [-0.3, -0.25) is 0 Å². The summed E-state index contributed by atoms with van der Waals surface area (Å²) in [6, 6.07) is 85.5. The predicted molar refractivity (Wildman–Crippen MR) is 264 cm³/mol. The molecule has 3 aliphatic rings. The standard InChI is InChI=1S/C62H37N/c1-3-18-43-38(14-1)30-31-39-32-33-42(37-50(39)43)63(58-36-41-15-2-4-19-44(41)45-20-5-6-23-48(45)58)57-35-34-56-60-49(57)24-13-29-55(60)61-51-25-9-7-21-46(51)47-22-8-10-26-52(47)62(56,61)54-28-12-17-40-16-11-27-53(61)59(40)54/h1-37H. The first-order valence-corrected chi connectivity index (χ1v) is 22.2. The highest BCUT2D eigenvalue weighted by Gasteiger charge is 2.69. The zero-order chi connectivity index (χ0) is 41.0. The van der Waals surface area contributed by atoms with Gasteiger partial charge in [-0.2, -0.15) is 0 Å². The molecule has 0 heterocycles. The Hall–Kier alpha value is -8.00. The Balaban J connectivity index is 1.11. The lowest BCUT2D eigenvalue weighted by molar-refractivity contribution is 0.461. The fourth-order valence-electron chi connectivity index (χ4n) is 13.1. The maximum absolute atomic E-state index is 2.57. The molecule has 2 unspecified atom stereocenters. The Morgan fingerprint density at radius 1 is 0.254 bits per heavy atom. The minimum atomic E-state index is -0.482. The molecule has 0 amide bonds. The summed E-state index contributed by atoms with van der Waals surface area (Å²) < 4.78 is 0. The third-order valence-corrected chi connectivity index (χ3v) is 15.3. The third kappa shape index (κ3) is 3.92. The van der Waals surface area contributed by atoms with E-state index in [0.29, 0.717) is 0 Å². The lowest BCUT2D eigenvalue weighted by Crippen LogP contribution is -2.48. The van der Waals surface area contributed by atoms with Crippen LogP contribution in [0, 0.1) is 0 Å². The van der Waals surface area contributed by atoms with E-state index in [0.717, 1.165) is 5.69 Å². The summed E-state index contributed by atoms with van der Waals surface area (Å²) in [5.74, 6) is 0. The van der Waals surface area contributed by atoms with Crippen LogP contribution in [0.4, 0.5) is 17.1 Å². The van der Waals surface area contributed by atoms with E-state index in [1.807, 2.05) is 0 Å². The molecule has 1 nitrogen and oxygen atoms in total. The molecule has 12 aromatic rings. The molecule has 0 N–H and O–H groups in total. The molecule has 290 valence electrons. The van der Waals surface area contributed by atoms with Gasteiger partial charge in [0, 0.05) is 16.5 Å². The molecule has 63 heavy (non-hydrogen) atoms. The number of benzene rings is 12. The molecule has 2 atom stereocenters. The fourth-order valence-corrected chi connectivity index (χ4v) is 13.1. The largest absolute Gasteiger partial charge is 0.309 e. The van der Waals surface area contributed by atoms with Gasteiger partial charge >= 0.3 is 0 Å². The molecule has 0 spiro atoms. The summed E-state index contributed by atoms with van der Waals surface area (Å²) in [5.41, 5.74) is 13.5. The van der Waals surface area contributed by atoms with Gasteiger partial charge in [0.25, 0.3) is 0 Å². The number of fused-ring (bicyclic) bond motifs is 9. The summed E-state index contributed by atoms with van der Waals surface area (Å²) in [7, 11) is 0. The summed E-state index contributed by atoms with van der Waals surface area (Å²) in [5, 5.41) is 15.3. The fraction of sp³-hybridized carbons (Fsp3) is 0.0323. The van der Waals surface area contributed by atoms with Gasteiger partial charge in [-0.15, -0.1) is 0 Å². The average molecular weight is 796 g/mol. The van der Waals surface area contributed by atoms with Crippen molar-refractivity contribution in [1.29, 1.82) is 0 Å². The first-order chi connectivity index (χ1) is 31.3. The lowest BCUT2D eigenvalue weighted by atomic mass is 9.50. The summed E-state index contributed by atoms with van der Waals surface area (Å²) in [4.78, 5) is 2.57. The van der Waals surface area contributed by atoms with Gasteiger partial charge in [-0.25, -0.2) is 0 Å². The Morgan fingerprint density at radius 3 is 1.44 bits per heavy atom.